The van der Waals surface area contributed by atoms with Crippen molar-refractivity contribution >= 4 is 39.5 Å². The van der Waals surface area contributed by atoms with Gasteiger partial charge in [0.2, 0.25) is 0 Å². The van der Waals surface area contributed by atoms with Gasteiger partial charge in [-0.15, -0.1) is 0 Å². The Labute approximate surface area is 677 Å². The number of rotatable bonds is 89. The second kappa shape index (κ2) is 80.8. The lowest BCUT2D eigenvalue weighted by molar-refractivity contribution is -0.161. The van der Waals surface area contributed by atoms with Crippen LogP contribution in [0.25, 0.3) is 0 Å². The quantitative estimate of drug-likeness (QED) is 0.0222. The molecule has 0 aliphatic carbocycles. The number of aliphatic hydroxyl groups is 1. The second-order valence-corrected chi connectivity index (χ2v) is 36.6. The van der Waals surface area contributed by atoms with Crippen molar-refractivity contribution in [1.82, 2.24) is 0 Å². The molecule has 7 atom stereocenters. The van der Waals surface area contributed by atoms with Gasteiger partial charge in [0.25, 0.3) is 0 Å². The van der Waals surface area contributed by atoms with Crippen LogP contribution in [0.4, 0.5) is 0 Å². The molecule has 4 unspecified atom stereocenters. The van der Waals surface area contributed by atoms with E-state index in [1.165, 1.54) is 289 Å². The van der Waals surface area contributed by atoms with Crippen molar-refractivity contribution in [3.05, 3.63) is 0 Å². The molecule has 0 saturated carbocycles. The Bertz CT molecular complexity index is 2120. The zero-order valence-corrected chi connectivity index (χ0v) is 74.5. The highest BCUT2D eigenvalue weighted by atomic mass is 31.2. The maximum atomic E-state index is 13.2. The molecular weight excluding hydrogens is 1430 g/mol. The van der Waals surface area contributed by atoms with Gasteiger partial charge in [-0.3, -0.25) is 37.3 Å². The summed E-state index contributed by atoms with van der Waals surface area (Å²) < 4.78 is 69.0. The Hall–Kier alpha value is -1.94. The van der Waals surface area contributed by atoms with Crippen molar-refractivity contribution in [3.63, 3.8) is 0 Å². The second-order valence-electron chi connectivity index (χ2n) is 33.7. The number of hydrogen-bond acceptors (Lipinski definition) is 15. The fourth-order valence-corrected chi connectivity index (χ4v) is 15.8. The summed E-state index contributed by atoms with van der Waals surface area (Å²) in [5.41, 5.74) is 0. The molecule has 17 nitrogen and oxygen atoms in total. The number of unbranched alkanes of at least 4 members (excludes halogenated alkanes) is 55. The summed E-state index contributed by atoms with van der Waals surface area (Å²) in [5.74, 6) is 0.314. The molecule has 0 heterocycles. The zero-order valence-electron chi connectivity index (χ0n) is 72.7. The van der Waals surface area contributed by atoms with E-state index in [1.807, 2.05) is 0 Å². The van der Waals surface area contributed by atoms with E-state index in [4.69, 9.17) is 37.0 Å². The van der Waals surface area contributed by atoms with Crippen molar-refractivity contribution in [1.29, 1.82) is 0 Å². The number of hydrogen-bond donors (Lipinski definition) is 3. The lowest BCUT2D eigenvalue weighted by Crippen LogP contribution is -2.30. The van der Waals surface area contributed by atoms with Crippen LogP contribution in [0.15, 0.2) is 0 Å². The first-order valence-electron chi connectivity index (χ1n) is 46.9. The van der Waals surface area contributed by atoms with E-state index >= 15 is 0 Å². The Balaban J connectivity index is 5.22. The Morgan fingerprint density at radius 2 is 0.464 bits per heavy atom. The molecule has 0 aromatic heterocycles. The largest absolute Gasteiger partial charge is 0.472 e. The third-order valence-corrected chi connectivity index (χ3v) is 24.0. The van der Waals surface area contributed by atoms with Gasteiger partial charge in [-0.25, -0.2) is 9.13 Å². The summed E-state index contributed by atoms with van der Waals surface area (Å²) in [6.07, 6.45) is 73.7. The molecule has 0 aliphatic heterocycles. The van der Waals surface area contributed by atoms with Gasteiger partial charge in [-0.05, 0) is 43.4 Å². The molecule has 0 amide bonds. The molecular formula is C91H178O17P2. The average molecular weight is 1610 g/mol. The third-order valence-electron chi connectivity index (χ3n) is 22.1. The van der Waals surface area contributed by atoms with Gasteiger partial charge in [0.05, 0.1) is 26.4 Å². The number of esters is 4. The van der Waals surface area contributed by atoms with Crippen LogP contribution >= 0.6 is 15.6 Å². The van der Waals surface area contributed by atoms with E-state index in [-0.39, 0.29) is 25.7 Å². The maximum Gasteiger partial charge on any atom is 0.472 e. The fourth-order valence-electron chi connectivity index (χ4n) is 14.2. The van der Waals surface area contributed by atoms with Crippen molar-refractivity contribution in [3.8, 4) is 0 Å². The van der Waals surface area contributed by atoms with Crippen LogP contribution in [-0.4, -0.2) is 96.7 Å². The third kappa shape index (κ3) is 81.2. The van der Waals surface area contributed by atoms with Crippen LogP contribution in [-0.2, 0) is 65.4 Å². The Morgan fingerprint density at radius 1 is 0.264 bits per heavy atom. The average Bonchev–Trinajstić information content (AvgIpc) is 0.900. The summed E-state index contributed by atoms with van der Waals surface area (Å²) in [4.78, 5) is 73.4. The van der Waals surface area contributed by atoms with Crippen LogP contribution in [0.3, 0.4) is 0 Å². The summed E-state index contributed by atoms with van der Waals surface area (Å²) in [7, 11) is -9.94. The van der Waals surface area contributed by atoms with Crippen molar-refractivity contribution in [2.45, 2.75) is 503 Å². The van der Waals surface area contributed by atoms with Gasteiger partial charge in [0, 0.05) is 25.7 Å². The molecule has 110 heavy (non-hydrogen) atoms. The minimum atomic E-state index is -4.97. The zero-order chi connectivity index (χ0) is 80.8. The first-order chi connectivity index (χ1) is 53.3. The first-order valence-corrected chi connectivity index (χ1v) is 49.9. The molecule has 0 rings (SSSR count). The van der Waals surface area contributed by atoms with Gasteiger partial charge in [-0.2, -0.15) is 0 Å². The monoisotopic (exact) mass is 1610 g/mol. The number of phosphoric acid groups is 2. The number of carbonyl (C=O) groups is 4. The Kier molecular flexibility index (Phi) is 79.4. The van der Waals surface area contributed by atoms with Gasteiger partial charge in [-0.1, -0.05) is 434 Å². The number of phosphoric ester groups is 2. The molecule has 0 bridgehead atoms. The van der Waals surface area contributed by atoms with E-state index in [2.05, 4.69) is 48.5 Å². The molecule has 654 valence electrons. The van der Waals surface area contributed by atoms with E-state index in [0.29, 0.717) is 25.7 Å². The molecule has 19 heteroatoms. The SMILES string of the molecule is CCCCCCCCCCCCCCCCCCCCCC(=O)O[C@H](COC(=O)CCCCCCCCC(C)CC)COP(=O)(O)OC[C@H](O)COP(=O)(O)OC[C@@H](COC(=O)CCCCCCCCCCCCCCCCCCC(C)C)OC(=O)CCCCCCCCCCCCCCCCCCCCC(C)CC. The summed E-state index contributed by atoms with van der Waals surface area (Å²) >= 11 is 0. The molecule has 0 saturated heterocycles. The lowest BCUT2D eigenvalue weighted by Gasteiger charge is -2.21. The first kappa shape index (κ1) is 108. The van der Waals surface area contributed by atoms with Crippen LogP contribution < -0.4 is 0 Å². The highest BCUT2D eigenvalue weighted by molar-refractivity contribution is 7.47. The van der Waals surface area contributed by atoms with Crippen LogP contribution in [0, 0.1) is 17.8 Å². The standard InChI is InChI=1S/C91H178O17P2/c1-8-11-12-13-14-15-16-17-18-19-20-24-31-36-41-46-51-61-68-75-91(96)108-87(79-102-89(94)73-66-59-54-53-57-64-71-84(7)10-3)81-106-110(99,100)104-77-85(92)76-103-109(97,98)105-80-86(78-101-88(93)72-65-58-50-45-40-35-30-27-26-28-33-38-43-48-55-62-69-82(4)5)107-90(95)74-67-60-52-47-42-37-32-25-22-21-23-29-34-39-44-49-56-63-70-83(6)9-2/h82-87,92H,8-81H2,1-7H3,(H,97,98)(H,99,100)/t83?,84?,85-,86-,87-/m1/s1. The minimum absolute atomic E-state index is 0.108. The minimum Gasteiger partial charge on any atom is -0.462 e. The molecule has 0 spiro atoms. The highest BCUT2D eigenvalue weighted by Gasteiger charge is 2.31. The number of carbonyl (C=O) groups excluding carboxylic acids is 4. The van der Waals surface area contributed by atoms with E-state index in [1.54, 1.807) is 0 Å². The van der Waals surface area contributed by atoms with Crippen molar-refractivity contribution < 1.29 is 80.2 Å². The van der Waals surface area contributed by atoms with Crippen LogP contribution in [0.1, 0.15) is 485 Å². The number of ether oxygens (including phenoxy) is 4. The summed E-state index contributed by atoms with van der Waals surface area (Å²) in [5, 5.41) is 10.7. The highest BCUT2D eigenvalue weighted by Crippen LogP contribution is 2.45. The van der Waals surface area contributed by atoms with Crippen LogP contribution in [0.2, 0.25) is 0 Å². The van der Waals surface area contributed by atoms with E-state index in [9.17, 15) is 43.2 Å². The lowest BCUT2D eigenvalue weighted by atomic mass is 9.99. The maximum absolute atomic E-state index is 13.2. The summed E-state index contributed by atoms with van der Waals surface area (Å²) in [6, 6.07) is 0. The molecule has 0 fully saturated rings. The molecule has 0 aliphatic rings. The van der Waals surface area contributed by atoms with Gasteiger partial charge < -0.3 is 33.8 Å². The molecule has 3 N–H and O–H groups in total. The van der Waals surface area contributed by atoms with Gasteiger partial charge in [0.1, 0.15) is 19.3 Å². The smallest absolute Gasteiger partial charge is 0.462 e. The van der Waals surface area contributed by atoms with E-state index in [0.717, 1.165) is 114 Å². The Morgan fingerprint density at radius 3 is 0.691 bits per heavy atom. The van der Waals surface area contributed by atoms with Crippen molar-refractivity contribution in [2.24, 2.45) is 17.8 Å². The molecule has 0 aromatic rings. The van der Waals surface area contributed by atoms with Gasteiger partial charge >= 0.3 is 39.5 Å². The topological polar surface area (TPSA) is 237 Å². The predicted octanol–water partition coefficient (Wildman–Crippen LogP) is 28.0. The van der Waals surface area contributed by atoms with Crippen LogP contribution in [0.5, 0.6) is 0 Å². The molecule has 0 aromatic carbocycles. The normalized spacial score (nSPS) is 14.3. The van der Waals surface area contributed by atoms with Crippen molar-refractivity contribution in [2.75, 3.05) is 39.6 Å². The molecule has 0 radical (unpaired) electrons. The number of aliphatic hydroxyl groups excluding tert-OH is 1. The van der Waals surface area contributed by atoms with E-state index < -0.39 is 97.5 Å². The predicted molar refractivity (Wildman–Crippen MR) is 455 cm³/mol. The van der Waals surface area contributed by atoms with Gasteiger partial charge in [0.15, 0.2) is 12.2 Å². The fraction of sp³-hybridized carbons (Fsp3) is 0.956. The summed E-state index contributed by atoms with van der Waals surface area (Å²) in [6.45, 7) is 12.1.